The minimum absolute atomic E-state index is 0.0724. The lowest BCUT2D eigenvalue weighted by Crippen LogP contribution is -2.24. The van der Waals surface area contributed by atoms with Crippen LogP contribution in [0.3, 0.4) is 0 Å². The van der Waals surface area contributed by atoms with E-state index in [1.807, 2.05) is 12.1 Å². The standard InChI is InChI=1S/C17H20FN3O2S/c1-13-4-6-15(18)16(10-13)24(22,23)20-12-14-5-7-17(19-11-14)21-8-2-3-9-21/h4-7,10-11,20H,2-3,8-9,12H2,1H3. The van der Waals surface area contributed by atoms with Gasteiger partial charge in [0, 0.05) is 25.8 Å². The topological polar surface area (TPSA) is 62.3 Å². The normalized spacial score (nSPS) is 15.0. The molecular formula is C17H20FN3O2S. The molecule has 7 heteroatoms. The molecule has 2 heterocycles. The van der Waals surface area contributed by atoms with Crippen LogP contribution in [0.25, 0.3) is 0 Å². The smallest absolute Gasteiger partial charge is 0.243 e. The van der Waals surface area contributed by atoms with Crippen molar-refractivity contribution in [2.75, 3.05) is 18.0 Å². The SMILES string of the molecule is Cc1ccc(F)c(S(=O)(=O)NCc2ccc(N3CCCC3)nc2)c1. The molecule has 0 saturated carbocycles. The molecule has 5 nitrogen and oxygen atoms in total. The third kappa shape index (κ3) is 3.73. The van der Waals surface area contributed by atoms with E-state index in [-0.39, 0.29) is 11.4 Å². The molecule has 0 atom stereocenters. The van der Waals surface area contributed by atoms with Crippen LogP contribution < -0.4 is 9.62 Å². The molecule has 0 radical (unpaired) electrons. The molecule has 0 bridgehead atoms. The molecule has 0 spiro atoms. The largest absolute Gasteiger partial charge is 0.357 e. The van der Waals surface area contributed by atoms with Crippen LogP contribution in [0.15, 0.2) is 41.4 Å². The van der Waals surface area contributed by atoms with Crippen molar-refractivity contribution >= 4 is 15.8 Å². The Morgan fingerprint density at radius 2 is 1.96 bits per heavy atom. The molecular weight excluding hydrogens is 329 g/mol. The van der Waals surface area contributed by atoms with Crippen molar-refractivity contribution in [3.05, 3.63) is 53.5 Å². The molecule has 3 rings (SSSR count). The van der Waals surface area contributed by atoms with Gasteiger partial charge in [-0.3, -0.25) is 0 Å². The molecule has 128 valence electrons. The summed E-state index contributed by atoms with van der Waals surface area (Å²) in [5.74, 6) is 0.152. The molecule has 1 N–H and O–H groups in total. The van der Waals surface area contributed by atoms with Crippen LogP contribution in [-0.4, -0.2) is 26.5 Å². The summed E-state index contributed by atoms with van der Waals surface area (Å²) in [5.41, 5.74) is 1.42. The first-order valence-electron chi connectivity index (χ1n) is 7.91. The Balaban J connectivity index is 1.69. The van der Waals surface area contributed by atoms with E-state index in [2.05, 4.69) is 14.6 Å². The van der Waals surface area contributed by atoms with Gasteiger partial charge < -0.3 is 4.90 Å². The molecule has 0 aliphatic carbocycles. The van der Waals surface area contributed by atoms with Gasteiger partial charge in [0.1, 0.15) is 16.5 Å². The quantitative estimate of drug-likeness (QED) is 0.901. The highest BCUT2D eigenvalue weighted by atomic mass is 32.2. The van der Waals surface area contributed by atoms with Crippen molar-refractivity contribution in [2.45, 2.75) is 31.2 Å². The minimum Gasteiger partial charge on any atom is -0.357 e. The van der Waals surface area contributed by atoms with E-state index in [1.165, 1.54) is 25.0 Å². The average Bonchev–Trinajstić information content (AvgIpc) is 3.10. The summed E-state index contributed by atoms with van der Waals surface area (Å²) < 4.78 is 40.8. The van der Waals surface area contributed by atoms with Gasteiger partial charge in [0.05, 0.1) is 0 Å². The molecule has 1 fully saturated rings. The fraction of sp³-hybridized carbons (Fsp3) is 0.353. The summed E-state index contributed by atoms with van der Waals surface area (Å²) in [7, 11) is -3.90. The number of nitrogens with zero attached hydrogens (tertiary/aromatic N) is 2. The summed E-state index contributed by atoms with van der Waals surface area (Å²) in [6.45, 7) is 3.81. The van der Waals surface area contributed by atoms with E-state index < -0.39 is 15.8 Å². The molecule has 0 unspecified atom stereocenters. The van der Waals surface area contributed by atoms with Crippen molar-refractivity contribution in [3.63, 3.8) is 0 Å². The number of hydrogen-bond acceptors (Lipinski definition) is 4. The van der Waals surface area contributed by atoms with E-state index in [9.17, 15) is 12.8 Å². The van der Waals surface area contributed by atoms with Crippen molar-refractivity contribution in [1.82, 2.24) is 9.71 Å². The Morgan fingerprint density at radius 3 is 2.62 bits per heavy atom. The Kier molecular flexibility index (Phi) is 4.82. The van der Waals surface area contributed by atoms with Gasteiger partial charge in [-0.2, -0.15) is 0 Å². The van der Waals surface area contributed by atoms with Crippen LogP contribution in [0.1, 0.15) is 24.0 Å². The van der Waals surface area contributed by atoms with Gasteiger partial charge >= 0.3 is 0 Å². The summed E-state index contributed by atoms with van der Waals surface area (Å²) in [6, 6.07) is 7.76. The summed E-state index contributed by atoms with van der Waals surface area (Å²) in [6.07, 6.45) is 4.00. The molecule has 1 aromatic heterocycles. The highest BCUT2D eigenvalue weighted by molar-refractivity contribution is 7.89. The van der Waals surface area contributed by atoms with Gasteiger partial charge in [-0.15, -0.1) is 0 Å². The number of sulfonamides is 1. The molecule has 2 aromatic rings. The van der Waals surface area contributed by atoms with E-state index in [1.54, 1.807) is 13.1 Å². The van der Waals surface area contributed by atoms with Gasteiger partial charge in [-0.25, -0.2) is 22.5 Å². The molecule has 1 aliphatic heterocycles. The number of nitrogens with one attached hydrogen (secondary N) is 1. The first kappa shape index (κ1) is 16.9. The second-order valence-electron chi connectivity index (χ2n) is 5.98. The number of pyridine rings is 1. The van der Waals surface area contributed by atoms with Crippen LogP contribution in [-0.2, 0) is 16.6 Å². The third-order valence-electron chi connectivity index (χ3n) is 4.08. The van der Waals surface area contributed by atoms with E-state index in [4.69, 9.17) is 0 Å². The van der Waals surface area contributed by atoms with Gasteiger partial charge in [0.2, 0.25) is 10.0 Å². The minimum atomic E-state index is -3.90. The highest BCUT2D eigenvalue weighted by Gasteiger charge is 2.19. The lowest BCUT2D eigenvalue weighted by atomic mass is 10.2. The Labute approximate surface area is 141 Å². The number of aromatic nitrogens is 1. The van der Waals surface area contributed by atoms with Crippen molar-refractivity contribution in [3.8, 4) is 0 Å². The summed E-state index contributed by atoms with van der Waals surface area (Å²) in [5, 5.41) is 0. The van der Waals surface area contributed by atoms with Crippen molar-refractivity contribution in [2.24, 2.45) is 0 Å². The average molecular weight is 349 g/mol. The van der Waals surface area contributed by atoms with Gasteiger partial charge in [-0.05, 0) is 49.1 Å². The first-order valence-corrected chi connectivity index (χ1v) is 9.40. The van der Waals surface area contributed by atoms with Crippen molar-refractivity contribution in [1.29, 1.82) is 0 Å². The highest BCUT2D eigenvalue weighted by Crippen LogP contribution is 2.19. The fourth-order valence-electron chi connectivity index (χ4n) is 2.73. The third-order valence-corrected chi connectivity index (χ3v) is 5.50. The number of rotatable bonds is 5. The molecule has 1 aromatic carbocycles. The maximum Gasteiger partial charge on any atom is 0.243 e. The first-order chi connectivity index (χ1) is 11.5. The van der Waals surface area contributed by atoms with Crippen LogP contribution in [0.5, 0.6) is 0 Å². The van der Waals surface area contributed by atoms with Crippen LogP contribution in [0, 0.1) is 12.7 Å². The Morgan fingerprint density at radius 1 is 1.21 bits per heavy atom. The summed E-state index contributed by atoms with van der Waals surface area (Å²) in [4.78, 5) is 6.26. The zero-order valence-corrected chi connectivity index (χ0v) is 14.3. The van der Waals surface area contributed by atoms with E-state index >= 15 is 0 Å². The number of halogens is 1. The Hall–Kier alpha value is -1.99. The lowest BCUT2D eigenvalue weighted by molar-refractivity contribution is 0.556. The Bertz CT molecular complexity index is 816. The second kappa shape index (κ2) is 6.86. The molecule has 1 saturated heterocycles. The van der Waals surface area contributed by atoms with Crippen LogP contribution >= 0.6 is 0 Å². The van der Waals surface area contributed by atoms with E-state index in [0.29, 0.717) is 5.56 Å². The second-order valence-corrected chi connectivity index (χ2v) is 7.71. The molecule has 24 heavy (non-hydrogen) atoms. The van der Waals surface area contributed by atoms with Gasteiger partial charge in [-0.1, -0.05) is 12.1 Å². The monoisotopic (exact) mass is 349 g/mol. The number of aryl methyl sites for hydroxylation is 1. The zero-order valence-electron chi connectivity index (χ0n) is 13.5. The number of anilines is 1. The van der Waals surface area contributed by atoms with E-state index in [0.717, 1.165) is 30.5 Å². The van der Waals surface area contributed by atoms with Crippen LogP contribution in [0.4, 0.5) is 10.2 Å². The van der Waals surface area contributed by atoms with Crippen molar-refractivity contribution < 1.29 is 12.8 Å². The molecule has 0 amide bonds. The number of benzene rings is 1. The van der Waals surface area contributed by atoms with Gasteiger partial charge in [0.25, 0.3) is 0 Å². The summed E-state index contributed by atoms with van der Waals surface area (Å²) >= 11 is 0. The maximum absolute atomic E-state index is 13.8. The molecule has 1 aliphatic rings. The van der Waals surface area contributed by atoms with Gasteiger partial charge in [0.15, 0.2) is 0 Å². The predicted molar refractivity (Wildman–Crippen MR) is 90.8 cm³/mol. The lowest BCUT2D eigenvalue weighted by Gasteiger charge is -2.16. The fourth-order valence-corrected chi connectivity index (χ4v) is 3.91. The van der Waals surface area contributed by atoms with Crippen LogP contribution in [0.2, 0.25) is 0 Å². The maximum atomic E-state index is 13.8. The predicted octanol–water partition coefficient (Wildman–Crippen LogP) is 2.61. The number of hydrogen-bond donors (Lipinski definition) is 1. The zero-order chi connectivity index (χ0) is 17.2.